The van der Waals surface area contributed by atoms with E-state index in [0.29, 0.717) is 0 Å². The molecule has 4 nitrogen and oxygen atoms in total. The highest BCUT2D eigenvalue weighted by Crippen LogP contribution is 2.20. The van der Waals surface area contributed by atoms with Gasteiger partial charge in [0.25, 0.3) is 0 Å². The molecule has 0 aliphatic heterocycles. The molecule has 1 aromatic carbocycles. The summed E-state index contributed by atoms with van der Waals surface area (Å²) < 4.78 is 25.2. The molecular weight excluding hydrogens is 202 g/mol. The maximum atomic E-state index is 10.3. The first-order valence-corrected chi connectivity index (χ1v) is 5.17. The molecule has 14 heavy (non-hydrogen) atoms. The molecule has 78 valence electrons. The van der Waals surface area contributed by atoms with Gasteiger partial charge in [0, 0.05) is 12.7 Å². The number of hydrogen-bond acceptors (Lipinski definition) is 4. The molecule has 0 aliphatic rings. The van der Waals surface area contributed by atoms with Crippen LogP contribution < -0.4 is 5.32 Å². The monoisotopic (exact) mass is 214 g/mol. The minimum atomic E-state index is -2.48. The molecule has 0 aliphatic carbocycles. The van der Waals surface area contributed by atoms with Crippen molar-refractivity contribution >= 4 is 17.0 Å². The molecule has 0 fully saturated rings. The molecule has 0 amide bonds. The fraction of sp³-hybridized carbons (Fsp3) is 0.333. The second kappa shape index (κ2) is 5.09. The summed E-state index contributed by atoms with van der Waals surface area (Å²) in [6, 6.07) is 7.40. The van der Waals surface area contributed by atoms with Crippen LogP contribution in [0.1, 0.15) is 18.6 Å². The first kappa shape index (κ1) is 11.2. The second-order valence-corrected chi connectivity index (χ2v) is 3.42. The number of anilines is 1. The maximum absolute atomic E-state index is 10.3. The van der Waals surface area contributed by atoms with E-state index in [-0.39, 0.29) is 0 Å². The Labute approximate surface area is 85.8 Å². The highest BCUT2D eigenvalue weighted by Gasteiger charge is 2.06. The minimum absolute atomic E-state index is 0.457. The van der Waals surface area contributed by atoms with Crippen molar-refractivity contribution in [1.82, 2.24) is 0 Å². The Kier molecular flexibility index (Phi) is 4.06. The van der Waals surface area contributed by atoms with E-state index in [2.05, 4.69) is 9.50 Å². The van der Waals surface area contributed by atoms with Gasteiger partial charge in [0.1, 0.15) is 0 Å². The molecule has 2 atom stereocenters. The zero-order chi connectivity index (χ0) is 10.6. The summed E-state index contributed by atoms with van der Waals surface area (Å²) in [6.45, 7) is 1.69. The Morgan fingerprint density at radius 2 is 2.29 bits per heavy atom. The molecule has 0 saturated heterocycles. The molecule has 1 aromatic rings. The second-order valence-electron chi connectivity index (χ2n) is 2.82. The highest BCUT2D eigenvalue weighted by molar-refractivity contribution is 7.74. The van der Waals surface area contributed by atoms with Gasteiger partial charge in [-0.1, -0.05) is 12.1 Å². The molecule has 2 unspecified atom stereocenters. The third-order valence-electron chi connectivity index (χ3n) is 1.87. The van der Waals surface area contributed by atoms with Crippen molar-refractivity contribution in [3.05, 3.63) is 29.8 Å². The predicted molar refractivity (Wildman–Crippen MR) is 54.4 cm³/mol. The van der Waals surface area contributed by atoms with Crippen molar-refractivity contribution in [2.24, 2.45) is 0 Å². The summed E-state index contributed by atoms with van der Waals surface area (Å²) in [7, 11) is 1.80. The molecule has 5 heteroatoms. The fourth-order valence-electron chi connectivity index (χ4n) is 1.12. The van der Waals surface area contributed by atoms with Gasteiger partial charge < -0.3 is 9.87 Å². The Hall–Kier alpha value is -0.910. The highest BCUT2D eigenvalue weighted by atomic mass is 32.2. The van der Waals surface area contributed by atoms with Crippen LogP contribution in [0.25, 0.3) is 0 Å². The molecule has 0 bridgehead atoms. The third-order valence-corrected chi connectivity index (χ3v) is 2.31. The van der Waals surface area contributed by atoms with E-state index in [0.717, 1.165) is 11.3 Å². The van der Waals surface area contributed by atoms with E-state index in [9.17, 15) is 8.76 Å². The zero-order valence-electron chi connectivity index (χ0n) is 8.02. The van der Waals surface area contributed by atoms with Crippen molar-refractivity contribution in [2.75, 3.05) is 12.4 Å². The van der Waals surface area contributed by atoms with E-state index in [4.69, 9.17) is 0 Å². The van der Waals surface area contributed by atoms with Crippen LogP contribution >= 0.6 is 0 Å². The van der Waals surface area contributed by atoms with Crippen molar-refractivity contribution in [3.8, 4) is 0 Å². The zero-order valence-corrected chi connectivity index (χ0v) is 8.84. The van der Waals surface area contributed by atoms with Crippen LogP contribution in [0, 0.1) is 0 Å². The van der Waals surface area contributed by atoms with Gasteiger partial charge in [-0.25, -0.2) is 4.21 Å². The summed E-state index contributed by atoms with van der Waals surface area (Å²) in [5, 5.41) is 2.97. The van der Waals surface area contributed by atoms with Crippen molar-refractivity contribution in [1.29, 1.82) is 0 Å². The number of benzene rings is 1. The van der Waals surface area contributed by atoms with Gasteiger partial charge in [0.05, 0.1) is 17.5 Å². The molecule has 0 radical (unpaired) electrons. The van der Waals surface area contributed by atoms with Gasteiger partial charge in [-0.05, 0) is 24.6 Å². The van der Waals surface area contributed by atoms with Crippen LogP contribution in [0.3, 0.4) is 0 Å². The summed E-state index contributed by atoms with van der Waals surface area (Å²) in [4.78, 5) is 0. The first-order valence-electron chi connectivity index (χ1n) is 4.17. The van der Waals surface area contributed by atoms with Crippen LogP contribution in [-0.4, -0.2) is 15.8 Å². The van der Waals surface area contributed by atoms with E-state index >= 15 is 0 Å². The van der Waals surface area contributed by atoms with E-state index in [1.165, 1.54) is 0 Å². The van der Waals surface area contributed by atoms with Gasteiger partial charge in [0.15, 0.2) is 0 Å². The van der Waals surface area contributed by atoms with Crippen LogP contribution in [0.15, 0.2) is 24.3 Å². The molecule has 1 N–H and O–H groups in total. The number of nitrogens with one attached hydrogen (secondary N) is 1. The Morgan fingerprint density at radius 3 is 2.86 bits per heavy atom. The van der Waals surface area contributed by atoms with E-state index in [1.54, 1.807) is 14.0 Å². The lowest BCUT2D eigenvalue weighted by Crippen LogP contribution is -2.02. The normalized spacial score (nSPS) is 14.8. The van der Waals surface area contributed by atoms with E-state index in [1.807, 2.05) is 24.3 Å². The lowest BCUT2D eigenvalue weighted by Gasteiger charge is -2.15. The third kappa shape index (κ3) is 3.10. The fourth-order valence-corrected chi connectivity index (χ4v) is 1.47. The number of rotatable bonds is 4. The molecule has 0 spiro atoms. The lowest BCUT2D eigenvalue weighted by molar-refractivity contribution is 0.223. The van der Waals surface area contributed by atoms with Crippen molar-refractivity contribution in [2.45, 2.75) is 13.0 Å². The van der Waals surface area contributed by atoms with Crippen LogP contribution in [0.2, 0.25) is 0 Å². The van der Waals surface area contributed by atoms with Crippen molar-refractivity contribution in [3.63, 3.8) is 0 Å². The summed E-state index contributed by atoms with van der Waals surface area (Å²) in [5.41, 5.74) is 1.75. The predicted octanol–water partition coefficient (Wildman–Crippen LogP) is 1.60. The average molecular weight is 214 g/mol. The van der Waals surface area contributed by atoms with Gasteiger partial charge in [0.2, 0.25) is 0 Å². The van der Waals surface area contributed by atoms with Crippen LogP contribution in [0.5, 0.6) is 0 Å². The molecule has 1 rings (SSSR count). The van der Waals surface area contributed by atoms with E-state index < -0.39 is 17.5 Å². The molecule has 0 heterocycles. The minimum Gasteiger partial charge on any atom is -0.750 e. The van der Waals surface area contributed by atoms with Gasteiger partial charge in [-0.3, -0.25) is 4.18 Å². The Morgan fingerprint density at radius 1 is 1.57 bits per heavy atom. The van der Waals surface area contributed by atoms with Gasteiger partial charge in [-0.15, -0.1) is 0 Å². The SMILES string of the molecule is CNc1cccc(C(C)OS(=O)[O-])c1. The molecular formula is C9H12NO3S-. The quantitative estimate of drug-likeness (QED) is 0.773. The molecule has 0 aromatic heterocycles. The summed E-state index contributed by atoms with van der Waals surface area (Å²) in [6.07, 6.45) is -0.457. The standard InChI is InChI=1S/C9H13NO3S/c1-7(13-14(11)12)8-4-3-5-9(6-8)10-2/h3-7,10H,1-2H3,(H,11,12)/p-1. The van der Waals surface area contributed by atoms with Gasteiger partial charge >= 0.3 is 0 Å². The Balaban J connectivity index is 2.78. The lowest BCUT2D eigenvalue weighted by atomic mass is 10.1. The van der Waals surface area contributed by atoms with Gasteiger partial charge in [-0.2, -0.15) is 0 Å². The topological polar surface area (TPSA) is 61.4 Å². The Bertz CT molecular complexity index is 330. The largest absolute Gasteiger partial charge is 0.750 e. The first-order chi connectivity index (χ1) is 6.63. The number of hydrogen-bond donors (Lipinski definition) is 1. The smallest absolute Gasteiger partial charge is 0.0959 e. The van der Waals surface area contributed by atoms with Crippen LogP contribution in [-0.2, 0) is 15.5 Å². The summed E-state index contributed by atoms with van der Waals surface area (Å²) in [5.74, 6) is 0. The maximum Gasteiger partial charge on any atom is 0.0959 e. The van der Waals surface area contributed by atoms with Crippen molar-refractivity contribution < 1.29 is 12.9 Å². The van der Waals surface area contributed by atoms with Crippen LogP contribution in [0.4, 0.5) is 5.69 Å². The molecule has 0 saturated carbocycles. The summed E-state index contributed by atoms with van der Waals surface area (Å²) >= 11 is -2.48. The average Bonchev–Trinajstić information content (AvgIpc) is 2.17.